The van der Waals surface area contributed by atoms with Gasteiger partial charge in [-0.15, -0.1) is 0 Å². The Balaban J connectivity index is 2.50. The summed E-state index contributed by atoms with van der Waals surface area (Å²) in [7, 11) is 4.17. The van der Waals surface area contributed by atoms with Gasteiger partial charge in [-0.05, 0) is 30.3 Å². The first-order valence-corrected chi connectivity index (χ1v) is 6.80. The third-order valence-electron chi connectivity index (χ3n) is 3.62. The fourth-order valence-corrected chi connectivity index (χ4v) is 2.51. The number of hydrogen-bond donors (Lipinski definition) is 0. The first-order valence-electron chi connectivity index (χ1n) is 6.80. The molecule has 2 aromatic carbocycles. The van der Waals surface area contributed by atoms with Crippen LogP contribution in [-0.4, -0.2) is 27.3 Å². The lowest BCUT2D eigenvalue weighted by Gasteiger charge is -2.10. The molecule has 0 aliphatic carbocycles. The first kappa shape index (κ1) is 14.9. The van der Waals surface area contributed by atoms with Crippen molar-refractivity contribution in [1.29, 1.82) is 0 Å². The second-order valence-corrected chi connectivity index (χ2v) is 4.80. The van der Waals surface area contributed by atoms with Gasteiger partial charge in [0.05, 0.1) is 32.1 Å². The lowest BCUT2D eigenvalue weighted by atomic mass is 10.0. The molecule has 118 valence electrons. The van der Waals surface area contributed by atoms with Crippen LogP contribution in [0.4, 0.5) is 0 Å². The van der Waals surface area contributed by atoms with Gasteiger partial charge in [0.15, 0.2) is 0 Å². The number of carbonyl (C=O) groups excluding carboxylic acids is 1. The van der Waals surface area contributed by atoms with Crippen LogP contribution in [0.3, 0.4) is 0 Å². The van der Waals surface area contributed by atoms with Crippen molar-refractivity contribution in [3.8, 4) is 11.5 Å². The zero-order valence-electron chi connectivity index (χ0n) is 12.8. The number of benzene rings is 2. The molecule has 0 spiro atoms. The molecule has 0 aliphatic heterocycles. The summed E-state index contributed by atoms with van der Waals surface area (Å²) < 4.78 is 20.8. The van der Waals surface area contributed by atoms with Gasteiger partial charge in [-0.1, -0.05) is 0 Å². The average molecular weight is 314 g/mol. The van der Waals surface area contributed by atoms with Gasteiger partial charge >= 0.3 is 5.97 Å². The van der Waals surface area contributed by atoms with E-state index in [2.05, 4.69) is 0 Å². The summed E-state index contributed by atoms with van der Waals surface area (Å²) in [4.78, 5) is 25.0. The predicted molar refractivity (Wildman–Crippen MR) is 84.4 cm³/mol. The minimum atomic E-state index is -0.665. The van der Waals surface area contributed by atoms with Gasteiger partial charge in [-0.3, -0.25) is 4.79 Å². The Labute approximate surface area is 131 Å². The van der Waals surface area contributed by atoms with E-state index >= 15 is 0 Å². The summed E-state index contributed by atoms with van der Waals surface area (Å²) in [6, 6.07) is 8.07. The number of methoxy groups -OCH3 is 3. The molecular weight excluding hydrogens is 300 g/mol. The van der Waals surface area contributed by atoms with E-state index in [1.54, 1.807) is 30.3 Å². The second kappa shape index (κ2) is 5.64. The van der Waals surface area contributed by atoms with E-state index in [1.807, 2.05) is 0 Å². The third kappa shape index (κ3) is 2.28. The first-order chi connectivity index (χ1) is 11.1. The molecule has 0 radical (unpaired) electrons. The number of hydrogen-bond acceptors (Lipinski definition) is 6. The van der Waals surface area contributed by atoms with Gasteiger partial charge in [-0.2, -0.15) is 0 Å². The van der Waals surface area contributed by atoms with Crippen molar-refractivity contribution in [3.63, 3.8) is 0 Å². The Morgan fingerprint density at radius 2 is 1.74 bits per heavy atom. The monoisotopic (exact) mass is 314 g/mol. The zero-order chi connectivity index (χ0) is 16.6. The summed E-state index contributed by atoms with van der Waals surface area (Å²) >= 11 is 0. The molecule has 6 heteroatoms. The highest BCUT2D eigenvalue weighted by atomic mass is 16.5. The van der Waals surface area contributed by atoms with E-state index < -0.39 is 5.97 Å². The number of carbonyl (C=O) groups is 1. The molecule has 0 unspecified atom stereocenters. The van der Waals surface area contributed by atoms with Crippen LogP contribution in [0.5, 0.6) is 11.5 Å². The molecule has 3 aromatic rings. The highest BCUT2D eigenvalue weighted by molar-refractivity contribution is 6.07. The van der Waals surface area contributed by atoms with Crippen LogP contribution >= 0.6 is 0 Å². The average Bonchev–Trinajstić information content (AvgIpc) is 2.60. The van der Waals surface area contributed by atoms with Crippen molar-refractivity contribution < 1.29 is 23.4 Å². The lowest BCUT2D eigenvalue weighted by molar-refractivity contribution is 0.0599. The van der Waals surface area contributed by atoms with E-state index in [0.717, 1.165) is 0 Å². The largest absolute Gasteiger partial charge is 0.497 e. The number of fused-ring (bicyclic) bond motifs is 2. The zero-order valence-corrected chi connectivity index (χ0v) is 12.8. The Morgan fingerprint density at radius 3 is 2.39 bits per heavy atom. The van der Waals surface area contributed by atoms with Crippen LogP contribution in [0, 0.1) is 0 Å². The number of esters is 1. The van der Waals surface area contributed by atoms with E-state index in [9.17, 15) is 9.59 Å². The molecule has 0 atom stereocenters. The smallest absolute Gasteiger partial charge is 0.342 e. The van der Waals surface area contributed by atoms with Gasteiger partial charge in [0.2, 0.25) is 5.43 Å². The Hall–Kier alpha value is -3.02. The summed E-state index contributed by atoms with van der Waals surface area (Å²) in [5, 5.41) is 0.437. The molecule has 0 fully saturated rings. The number of ether oxygens (including phenoxy) is 3. The summed E-state index contributed by atoms with van der Waals surface area (Å²) in [5.41, 5.74) is 0.392. The summed E-state index contributed by atoms with van der Waals surface area (Å²) in [6.07, 6.45) is 0. The molecule has 0 N–H and O–H groups in total. The molecule has 1 aromatic heterocycles. The minimum Gasteiger partial charge on any atom is -0.497 e. The van der Waals surface area contributed by atoms with Crippen molar-refractivity contribution in [2.24, 2.45) is 0 Å². The maximum Gasteiger partial charge on any atom is 0.342 e. The molecule has 6 nitrogen and oxygen atoms in total. The summed E-state index contributed by atoms with van der Waals surface area (Å²) in [5.74, 6) is 0.104. The lowest BCUT2D eigenvalue weighted by Crippen LogP contribution is -2.12. The highest BCUT2D eigenvalue weighted by Crippen LogP contribution is 2.30. The van der Waals surface area contributed by atoms with Crippen molar-refractivity contribution in [2.45, 2.75) is 0 Å². The fourth-order valence-electron chi connectivity index (χ4n) is 2.51. The molecule has 3 rings (SSSR count). The van der Waals surface area contributed by atoms with Crippen LogP contribution in [-0.2, 0) is 4.74 Å². The molecule has 0 aliphatic rings. The molecular formula is C17H14O6. The summed E-state index contributed by atoms with van der Waals surface area (Å²) in [6.45, 7) is 0. The molecule has 1 heterocycles. The maximum absolute atomic E-state index is 12.9. The molecule has 23 heavy (non-hydrogen) atoms. The van der Waals surface area contributed by atoms with Crippen LogP contribution in [0.25, 0.3) is 21.9 Å². The van der Waals surface area contributed by atoms with E-state index in [4.69, 9.17) is 18.6 Å². The number of rotatable bonds is 3. The molecule has 0 bridgehead atoms. The van der Waals surface area contributed by atoms with Gasteiger partial charge < -0.3 is 18.6 Å². The standard InChI is InChI=1S/C17H14O6/c1-20-9-4-5-11-10(8-9)16(18)14-13(23-11)7-6-12(21-2)15(14)17(19)22-3/h4-8H,1-3H3. The Kier molecular flexibility index (Phi) is 3.65. The Morgan fingerprint density at radius 1 is 1.00 bits per heavy atom. The van der Waals surface area contributed by atoms with Crippen molar-refractivity contribution >= 4 is 27.9 Å². The van der Waals surface area contributed by atoms with Crippen LogP contribution in [0.2, 0.25) is 0 Å². The van der Waals surface area contributed by atoms with Gasteiger partial charge in [0, 0.05) is 0 Å². The quantitative estimate of drug-likeness (QED) is 0.546. The Bertz CT molecular complexity index is 970. The molecule has 0 saturated heterocycles. The van der Waals surface area contributed by atoms with Crippen molar-refractivity contribution in [2.75, 3.05) is 21.3 Å². The topological polar surface area (TPSA) is 75.0 Å². The fraction of sp³-hybridized carbons (Fsp3) is 0.176. The third-order valence-corrected chi connectivity index (χ3v) is 3.62. The van der Waals surface area contributed by atoms with Crippen molar-refractivity contribution in [1.82, 2.24) is 0 Å². The van der Waals surface area contributed by atoms with Crippen molar-refractivity contribution in [3.05, 3.63) is 46.1 Å². The van der Waals surface area contributed by atoms with Crippen LogP contribution in [0.1, 0.15) is 10.4 Å². The van der Waals surface area contributed by atoms with Gasteiger partial charge in [0.25, 0.3) is 0 Å². The van der Waals surface area contributed by atoms with Crippen LogP contribution in [0.15, 0.2) is 39.5 Å². The highest BCUT2D eigenvalue weighted by Gasteiger charge is 2.22. The van der Waals surface area contributed by atoms with E-state index in [0.29, 0.717) is 16.7 Å². The van der Waals surface area contributed by atoms with E-state index in [-0.39, 0.29) is 27.7 Å². The minimum absolute atomic E-state index is 0.0472. The van der Waals surface area contributed by atoms with Gasteiger partial charge in [0.1, 0.15) is 28.2 Å². The normalized spacial score (nSPS) is 10.7. The maximum atomic E-state index is 12.9. The van der Waals surface area contributed by atoms with Gasteiger partial charge in [-0.25, -0.2) is 4.79 Å². The van der Waals surface area contributed by atoms with Crippen LogP contribution < -0.4 is 14.9 Å². The molecule has 0 saturated carbocycles. The molecule has 0 amide bonds. The predicted octanol–water partition coefficient (Wildman–Crippen LogP) is 2.75. The second-order valence-electron chi connectivity index (χ2n) is 4.80. The van der Waals surface area contributed by atoms with E-state index in [1.165, 1.54) is 21.3 Å². The SMILES string of the molecule is COC(=O)c1c(OC)ccc2oc3ccc(OC)cc3c(=O)c12.